The predicted octanol–water partition coefficient (Wildman–Crippen LogP) is 2.19. The summed E-state index contributed by atoms with van der Waals surface area (Å²) in [5, 5.41) is 11.9. The summed E-state index contributed by atoms with van der Waals surface area (Å²) >= 11 is 0. The molecule has 1 unspecified atom stereocenters. The molecule has 18 heavy (non-hydrogen) atoms. The molecule has 1 atom stereocenters. The van der Waals surface area contributed by atoms with E-state index in [0.717, 1.165) is 0 Å². The minimum atomic E-state index is -3.33. The van der Waals surface area contributed by atoms with Gasteiger partial charge in [0.25, 0.3) is 12.3 Å². The van der Waals surface area contributed by atoms with E-state index in [4.69, 9.17) is 5.11 Å². The summed E-state index contributed by atoms with van der Waals surface area (Å²) in [5.41, 5.74) is -1.65. The molecule has 1 aliphatic rings. The monoisotopic (exact) mass is 266 g/mol. The van der Waals surface area contributed by atoms with Crippen LogP contribution in [-0.4, -0.2) is 20.9 Å². The molecule has 1 aromatic heterocycles. The lowest BCUT2D eigenvalue weighted by Crippen LogP contribution is -2.24. The quantitative estimate of drug-likeness (QED) is 0.853. The zero-order valence-electron chi connectivity index (χ0n) is 9.33. The maximum atomic E-state index is 13.8. The van der Waals surface area contributed by atoms with Crippen molar-refractivity contribution in [2.75, 3.05) is 0 Å². The topological polar surface area (TPSA) is 55.1 Å². The lowest BCUT2D eigenvalue weighted by atomic mass is 10.1. The van der Waals surface area contributed by atoms with Gasteiger partial charge in [-0.15, -0.1) is 0 Å². The van der Waals surface area contributed by atoms with Crippen molar-refractivity contribution in [3.63, 3.8) is 0 Å². The number of nitrogens with zero attached hydrogens (tertiary/aromatic N) is 2. The van der Waals surface area contributed by atoms with Crippen LogP contribution in [0.2, 0.25) is 0 Å². The lowest BCUT2D eigenvalue weighted by Gasteiger charge is -2.17. The van der Waals surface area contributed by atoms with E-state index in [-0.39, 0.29) is 12.0 Å². The number of aromatic nitrogens is 2. The number of alkyl halides is 4. The first-order valence-corrected chi connectivity index (χ1v) is 5.23. The second-order valence-corrected chi connectivity index (χ2v) is 4.29. The highest BCUT2D eigenvalue weighted by atomic mass is 19.3. The van der Waals surface area contributed by atoms with Crippen molar-refractivity contribution < 1.29 is 27.5 Å². The summed E-state index contributed by atoms with van der Waals surface area (Å²) < 4.78 is 53.5. The van der Waals surface area contributed by atoms with Gasteiger partial charge in [-0.1, -0.05) is 6.92 Å². The van der Waals surface area contributed by atoms with Crippen molar-refractivity contribution in [2.45, 2.75) is 32.2 Å². The fourth-order valence-electron chi connectivity index (χ4n) is 2.18. The van der Waals surface area contributed by atoms with E-state index in [1.165, 1.54) is 6.92 Å². The molecule has 0 aromatic carbocycles. The highest BCUT2D eigenvalue weighted by Crippen LogP contribution is 2.48. The molecule has 4 nitrogen and oxygen atoms in total. The Balaban J connectivity index is 2.58. The van der Waals surface area contributed by atoms with Crippen LogP contribution in [-0.2, 0) is 23.7 Å². The third-order valence-electron chi connectivity index (χ3n) is 3.02. The maximum Gasteiger partial charge on any atom is 0.325 e. The number of fused-ring (bicyclic) bond motifs is 1. The molecule has 1 aliphatic carbocycles. The van der Waals surface area contributed by atoms with E-state index in [2.05, 4.69) is 5.10 Å². The third kappa shape index (κ3) is 1.75. The molecule has 8 heteroatoms. The fourth-order valence-corrected chi connectivity index (χ4v) is 2.18. The molecule has 1 N–H and O–H groups in total. The number of hydrogen-bond donors (Lipinski definition) is 1. The molecule has 100 valence electrons. The molecule has 0 radical (unpaired) electrons. The number of carboxylic acid groups (broad SMARTS) is 1. The summed E-state index contributed by atoms with van der Waals surface area (Å²) in [6.07, 6.45) is -3.21. The standard InChI is InChI=1S/C10H10F4N2O2/c1-4-2-5-7(9(11)12)15-16(3-6(17)18)8(5)10(4,13)14/h4,9H,2-3H2,1H3,(H,17,18). The Morgan fingerprint density at radius 3 is 2.72 bits per heavy atom. The molecule has 0 saturated carbocycles. The van der Waals surface area contributed by atoms with E-state index in [1.54, 1.807) is 0 Å². The molecule has 2 rings (SSSR count). The first-order chi connectivity index (χ1) is 8.25. The normalized spacial score (nSPS) is 21.3. The van der Waals surface area contributed by atoms with Crippen molar-refractivity contribution in [2.24, 2.45) is 5.92 Å². The van der Waals surface area contributed by atoms with Crippen LogP contribution in [0.25, 0.3) is 0 Å². The first-order valence-electron chi connectivity index (χ1n) is 5.23. The molecule has 0 saturated heterocycles. The molecule has 0 spiro atoms. The van der Waals surface area contributed by atoms with E-state index in [1.807, 2.05) is 0 Å². The second kappa shape index (κ2) is 3.96. The molecular formula is C10H10F4N2O2. The van der Waals surface area contributed by atoms with Gasteiger partial charge in [0.2, 0.25) is 0 Å². The van der Waals surface area contributed by atoms with Gasteiger partial charge in [0.1, 0.15) is 17.9 Å². The molecule has 1 aromatic rings. The van der Waals surface area contributed by atoms with Crippen LogP contribution < -0.4 is 0 Å². The van der Waals surface area contributed by atoms with Gasteiger partial charge in [0.15, 0.2) is 0 Å². The van der Waals surface area contributed by atoms with Gasteiger partial charge >= 0.3 is 5.97 Å². The molecular weight excluding hydrogens is 256 g/mol. The number of carboxylic acids is 1. The van der Waals surface area contributed by atoms with Crippen molar-refractivity contribution >= 4 is 5.97 Å². The number of carbonyl (C=O) groups is 1. The van der Waals surface area contributed by atoms with E-state index < -0.39 is 42.2 Å². The third-order valence-corrected chi connectivity index (χ3v) is 3.02. The number of hydrogen-bond acceptors (Lipinski definition) is 2. The van der Waals surface area contributed by atoms with E-state index in [0.29, 0.717) is 4.68 Å². The molecule has 0 aliphatic heterocycles. The van der Waals surface area contributed by atoms with Crippen LogP contribution in [0.5, 0.6) is 0 Å². The fraction of sp³-hybridized carbons (Fsp3) is 0.600. The SMILES string of the molecule is CC1Cc2c(C(F)F)nn(CC(=O)O)c2C1(F)F. The number of aliphatic carboxylic acids is 1. The largest absolute Gasteiger partial charge is 0.480 e. The second-order valence-electron chi connectivity index (χ2n) is 4.29. The van der Waals surface area contributed by atoms with E-state index in [9.17, 15) is 22.4 Å². The van der Waals surface area contributed by atoms with Gasteiger partial charge in [-0.2, -0.15) is 13.9 Å². The van der Waals surface area contributed by atoms with E-state index >= 15 is 0 Å². The smallest absolute Gasteiger partial charge is 0.325 e. The Kier molecular flexibility index (Phi) is 2.83. The minimum Gasteiger partial charge on any atom is -0.480 e. The van der Waals surface area contributed by atoms with Crippen molar-refractivity contribution in [1.29, 1.82) is 0 Å². The van der Waals surface area contributed by atoms with Gasteiger partial charge in [0, 0.05) is 11.5 Å². The van der Waals surface area contributed by atoms with Crippen LogP contribution >= 0.6 is 0 Å². The number of halogens is 4. The van der Waals surface area contributed by atoms with Crippen molar-refractivity contribution in [3.05, 3.63) is 17.0 Å². The summed E-state index contributed by atoms with van der Waals surface area (Å²) in [7, 11) is 0. The minimum absolute atomic E-state index is 0.219. The summed E-state index contributed by atoms with van der Waals surface area (Å²) in [5.74, 6) is -5.87. The molecule has 1 heterocycles. The zero-order chi connectivity index (χ0) is 13.7. The highest BCUT2D eigenvalue weighted by Gasteiger charge is 2.51. The van der Waals surface area contributed by atoms with Crippen LogP contribution in [0.3, 0.4) is 0 Å². The summed E-state index contributed by atoms with van der Waals surface area (Å²) in [4.78, 5) is 10.5. The Labute approximate surface area is 99.2 Å². The van der Waals surface area contributed by atoms with Crippen molar-refractivity contribution in [3.8, 4) is 0 Å². The zero-order valence-corrected chi connectivity index (χ0v) is 9.33. The van der Waals surface area contributed by atoms with Gasteiger partial charge in [-0.25, -0.2) is 8.78 Å². The van der Waals surface area contributed by atoms with Crippen LogP contribution in [0.1, 0.15) is 30.3 Å². The highest BCUT2D eigenvalue weighted by molar-refractivity contribution is 5.66. The Bertz CT molecular complexity index is 498. The predicted molar refractivity (Wildman–Crippen MR) is 51.6 cm³/mol. The van der Waals surface area contributed by atoms with Gasteiger partial charge in [-0.3, -0.25) is 9.48 Å². The van der Waals surface area contributed by atoms with Crippen LogP contribution in [0, 0.1) is 5.92 Å². The average molecular weight is 266 g/mol. The summed E-state index contributed by atoms with van der Waals surface area (Å²) in [6.45, 7) is 0.387. The molecule has 0 bridgehead atoms. The molecule has 0 fully saturated rings. The van der Waals surface area contributed by atoms with Crippen molar-refractivity contribution in [1.82, 2.24) is 9.78 Å². The number of rotatable bonds is 3. The first kappa shape index (κ1) is 12.8. The van der Waals surface area contributed by atoms with Crippen LogP contribution in [0.15, 0.2) is 0 Å². The average Bonchev–Trinajstić information content (AvgIpc) is 2.65. The Morgan fingerprint density at radius 2 is 2.22 bits per heavy atom. The van der Waals surface area contributed by atoms with Crippen LogP contribution in [0.4, 0.5) is 17.6 Å². The summed E-state index contributed by atoms with van der Waals surface area (Å²) in [6, 6.07) is 0. The van der Waals surface area contributed by atoms with Gasteiger partial charge < -0.3 is 5.11 Å². The lowest BCUT2D eigenvalue weighted by molar-refractivity contribution is -0.138. The van der Waals surface area contributed by atoms with Gasteiger partial charge in [-0.05, 0) is 6.42 Å². The van der Waals surface area contributed by atoms with Gasteiger partial charge in [0.05, 0.1) is 0 Å². The molecule has 0 amide bonds. The maximum absolute atomic E-state index is 13.8. The Hall–Kier alpha value is -1.60. The Morgan fingerprint density at radius 1 is 1.61 bits per heavy atom.